The first-order chi connectivity index (χ1) is 13.8. The van der Waals surface area contributed by atoms with E-state index in [4.69, 9.17) is 17.3 Å². The number of benzene rings is 1. The Morgan fingerprint density at radius 3 is 2.72 bits per heavy atom. The van der Waals surface area contributed by atoms with E-state index < -0.39 is 0 Å². The van der Waals surface area contributed by atoms with E-state index in [1.54, 1.807) is 0 Å². The Kier molecular flexibility index (Phi) is 9.76. The number of halogens is 1. The maximum Gasteiger partial charge on any atom is 0.0698 e. The molecule has 2 rings (SSSR count). The molecule has 0 aliphatic carbocycles. The van der Waals surface area contributed by atoms with Crippen molar-refractivity contribution in [3.63, 3.8) is 0 Å². The molecule has 158 valence electrons. The van der Waals surface area contributed by atoms with Crippen LogP contribution < -0.4 is 11.1 Å². The largest absolute Gasteiger partial charge is 0.402 e. The quantitative estimate of drug-likeness (QED) is 0.288. The zero-order valence-electron chi connectivity index (χ0n) is 17.5. The van der Waals surface area contributed by atoms with Crippen molar-refractivity contribution >= 4 is 40.8 Å². The van der Waals surface area contributed by atoms with Gasteiger partial charge < -0.3 is 16.0 Å². The van der Waals surface area contributed by atoms with E-state index >= 15 is 0 Å². The molecule has 0 spiro atoms. The van der Waals surface area contributed by atoms with Crippen LogP contribution in [0.2, 0.25) is 0 Å². The molecule has 0 amide bonds. The summed E-state index contributed by atoms with van der Waals surface area (Å²) in [5, 5.41) is 4.65. The third-order valence-corrected chi connectivity index (χ3v) is 7.31. The highest BCUT2D eigenvalue weighted by atomic mass is 35.5. The first-order valence-corrected chi connectivity index (χ1v) is 12.0. The van der Waals surface area contributed by atoms with Crippen LogP contribution in [0.5, 0.6) is 0 Å². The van der Waals surface area contributed by atoms with Gasteiger partial charge in [0.05, 0.1) is 5.03 Å². The molecular weight excluding hydrogens is 418 g/mol. The molecular formula is C23H32ClN3S2. The minimum Gasteiger partial charge on any atom is -0.402 e. The van der Waals surface area contributed by atoms with Gasteiger partial charge in [0.25, 0.3) is 0 Å². The molecule has 1 aromatic carbocycles. The van der Waals surface area contributed by atoms with Gasteiger partial charge in [-0.25, -0.2) is 0 Å². The number of anilines is 1. The first kappa shape index (κ1) is 24.0. The number of hydrogen-bond donors (Lipinski definition) is 2. The zero-order chi connectivity index (χ0) is 21.4. The third kappa shape index (κ3) is 8.17. The second-order valence-corrected chi connectivity index (χ2v) is 10.2. The van der Waals surface area contributed by atoms with E-state index in [2.05, 4.69) is 61.3 Å². The molecule has 0 aromatic heterocycles. The monoisotopic (exact) mass is 449 g/mol. The topological polar surface area (TPSA) is 41.3 Å². The number of rotatable bonds is 11. The molecule has 3 N–H and O–H groups in total. The van der Waals surface area contributed by atoms with Crippen molar-refractivity contribution < 1.29 is 0 Å². The molecule has 1 unspecified atom stereocenters. The van der Waals surface area contributed by atoms with Gasteiger partial charge in [0, 0.05) is 38.7 Å². The van der Waals surface area contributed by atoms with Gasteiger partial charge in [-0.2, -0.15) is 0 Å². The lowest BCUT2D eigenvalue weighted by Gasteiger charge is -2.19. The highest BCUT2D eigenvalue weighted by Crippen LogP contribution is 2.34. The van der Waals surface area contributed by atoms with E-state index in [1.165, 1.54) is 42.5 Å². The molecule has 3 nitrogen and oxygen atoms in total. The highest BCUT2D eigenvalue weighted by Gasteiger charge is 2.20. The molecule has 1 aliphatic rings. The molecule has 1 fully saturated rings. The second kappa shape index (κ2) is 11.8. The smallest absolute Gasteiger partial charge is 0.0698 e. The van der Waals surface area contributed by atoms with Crippen LogP contribution in [0.25, 0.3) is 0 Å². The summed E-state index contributed by atoms with van der Waals surface area (Å²) in [7, 11) is 2.24. The lowest BCUT2D eigenvalue weighted by molar-refractivity contribution is 0.305. The molecule has 1 aromatic rings. The molecule has 0 saturated carbocycles. The second-order valence-electron chi connectivity index (χ2n) is 7.38. The number of thioether (sulfide) groups is 2. The lowest BCUT2D eigenvalue weighted by atomic mass is 10.2. The predicted octanol–water partition coefficient (Wildman–Crippen LogP) is 6.77. The molecule has 1 saturated heterocycles. The van der Waals surface area contributed by atoms with Gasteiger partial charge in [-0.1, -0.05) is 49.2 Å². The molecule has 1 atom stereocenters. The number of nitrogens with one attached hydrogen (secondary N) is 1. The maximum absolute atomic E-state index is 6.04. The highest BCUT2D eigenvalue weighted by molar-refractivity contribution is 8.06. The van der Waals surface area contributed by atoms with Gasteiger partial charge >= 0.3 is 0 Å². The Labute approximate surface area is 189 Å². The number of nitrogens with two attached hydrogens (primary N) is 1. The summed E-state index contributed by atoms with van der Waals surface area (Å²) < 4.78 is 0. The van der Waals surface area contributed by atoms with Gasteiger partial charge in [-0.3, -0.25) is 0 Å². The van der Waals surface area contributed by atoms with Crippen LogP contribution in [-0.2, 0) is 0 Å². The summed E-state index contributed by atoms with van der Waals surface area (Å²) in [6.07, 6.45) is 4.47. The first-order valence-electron chi connectivity index (χ1n) is 9.81. The van der Waals surface area contributed by atoms with Crippen LogP contribution in [0.3, 0.4) is 0 Å². The molecule has 29 heavy (non-hydrogen) atoms. The van der Waals surface area contributed by atoms with E-state index in [1.807, 2.05) is 18.7 Å². The van der Waals surface area contributed by atoms with Crippen molar-refractivity contribution in [2.24, 2.45) is 5.73 Å². The van der Waals surface area contributed by atoms with Crippen LogP contribution in [0.15, 0.2) is 75.1 Å². The normalized spacial score (nSPS) is 17.7. The summed E-state index contributed by atoms with van der Waals surface area (Å²) in [4.78, 5) is 4.73. The predicted molar refractivity (Wildman–Crippen MR) is 133 cm³/mol. The summed E-state index contributed by atoms with van der Waals surface area (Å²) in [6.45, 7) is 14.9. The number of hydrogen-bond acceptors (Lipinski definition) is 5. The molecule has 6 heteroatoms. The van der Waals surface area contributed by atoms with Gasteiger partial charge in [0.2, 0.25) is 0 Å². The Bertz CT molecular complexity index is 784. The fourth-order valence-electron chi connectivity index (χ4n) is 3.20. The van der Waals surface area contributed by atoms with Crippen LogP contribution >= 0.6 is 35.1 Å². The fraction of sp³-hybridized carbons (Fsp3) is 0.391. The number of allylic oxidation sites excluding steroid dienone is 4. The Balaban J connectivity index is 1.88. The van der Waals surface area contributed by atoms with Crippen LogP contribution in [0.4, 0.5) is 5.69 Å². The van der Waals surface area contributed by atoms with Gasteiger partial charge in [0.15, 0.2) is 0 Å². The third-order valence-electron chi connectivity index (χ3n) is 4.95. The molecule has 0 radical (unpaired) electrons. The minimum absolute atomic E-state index is 0.455. The summed E-state index contributed by atoms with van der Waals surface area (Å²) >= 11 is 9.36. The Hall–Kier alpha value is -1.27. The summed E-state index contributed by atoms with van der Waals surface area (Å²) in [5.41, 5.74) is 8.56. The van der Waals surface area contributed by atoms with Gasteiger partial charge in [0.1, 0.15) is 0 Å². The average molecular weight is 450 g/mol. The Morgan fingerprint density at radius 2 is 2.10 bits per heavy atom. The number of nitrogens with zero attached hydrogens (tertiary/aromatic N) is 1. The maximum atomic E-state index is 6.04. The van der Waals surface area contributed by atoms with Gasteiger partial charge in [-0.15, -0.1) is 11.8 Å². The molecule has 1 heterocycles. The van der Waals surface area contributed by atoms with Crippen molar-refractivity contribution in [2.45, 2.75) is 43.5 Å². The lowest BCUT2D eigenvalue weighted by Crippen LogP contribution is -2.25. The van der Waals surface area contributed by atoms with Crippen molar-refractivity contribution in [1.82, 2.24) is 4.90 Å². The SMILES string of the molecule is C=C(Nc1cccc(SCCC2CCCN2C)c1)S/C(CC(=C)C(=C)Cl)=C(\C)N. The van der Waals surface area contributed by atoms with Crippen LogP contribution in [0, 0.1) is 0 Å². The molecule has 0 bridgehead atoms. The van der Waals surface area contributed by atoms with Crippen LogP contribution in [0.1, 0.15) is 32.6 Å². The number of likely N-dealkylation sites (tertiary alicyclic amines) is 1. The zero-order valence-corrected chi connectivity index (χ0v) is 19.9. The van der Waals surface area contributed by atoms with Crippen molar-refractivity contribution in [3.05, 3.63) is 70.2 Å². The average Bonchev–Trinajstić information content (AvgIpc) is 3.06. The summed E-state index contributed by atoms with van der Waals surface area (Å²) in [6, 6.07) is 9.21. The van der Waals surface area contributed by atoms with E-state index in [0.29, 0.717) is 11.5 Å². The van der Waals surface area contributed by atoms with E-state index in [0.717, 1.165) is 38.7 Å². The summed E-state index contributed by atoms with van der Waals surface area (Å²) in [5.74, 6) is 1.14. The van der Waals surface area contributed by atoms with Crippen LogP contribution in [-0.4, -0.2) is 30.3 Å². The Morgan fingerprint density at radius 1 is 1.34 bits per heavy atom. The van der Waals surface area contributed by atoms with E-state index in [9.17, 15) is 0 Å². The standard InChI is InChI=1S/C23H32ClN3S2/c1-16(17(2)24)14-23(18(3)25)29-19(4)26-20-8-6-10-22(15-20)28-13-11-21-9-7-12-27(21)5/h6,8,10,15,21,26H,1-2,4,7,9,11-14,25H2,3,5H3/b23-18+. The molecule has 1 aliphatic heterocycles. The van der Waals surface area contributed by atoms with Crippen molar-refractivity contribution in [1.29, 1.82) is 0 Å². The van der Waals surface area contributed by atoms with Crippen molar-refractivity contribution in [2.75, 3.05) is 24.7 Å². The van der Waals surface area contributed by atoms with Gasteiger partial charge in [-0.05, 0) is 69.3 Å². The van der Waals surface area contributed by atoms with E-state index in [-0.39, 0.29) is 0 Å². The fourth-order valence-corrected chi connectivity index (χ4v) is 5.15. The van der Waals surface area contributed by atoms with Crippen molar-refractivity contribution in [3.8, 4) is 0 Å². The minimum atomic E-state index is 0.455.